The first-order chi connectivity index (χ1) is 6.56. The van der Waals surface area contributed by atoms with Gasteiger partial charge in [0.25, 0.3) is 0 Å². The molecule has 0 aliphatic carbocycles. The summed E-state index contributed by atoms with van der Waals surface area (Å²) in [6.07, 6.45) is 1.91. The number of hydrogen-bond acceptors (Lipinski definition) is 0. The van der Waals surface area contributed by atoms with Crippen molar-refractivity contribution in [3.8, 4) is 0 Å². The van der Waals surface area contributed by atoms with Crippen molar-refractivity contribution in [3.05, 3.63) is 45.2 Å². The van der Waals surface area contributed by atoms with E-state index in [1.54, 1.807) is 12.1 Å². The van der Waals surface area contributed by atoms with Crippen LogP contribution in [-0.4, -0.2) is 0 Å². The van der Waals surface area contributed by atoms with Crippen LogP contribution in [0.5, 0.6) is 0 Å². The van der Waals surface area contributed by atoms with Crippen LogP contribution in [0.2, 0.25) is 15.1 Å². The van der Waals surface area contributed by atoms with Crippen LogP contribution in [0.3, 0.4) is 0 Å². The van der Waals surface area contributed by atoms with Crippen LogP contribution in [0.4, 0.5) is 4.39 Å². The highest BCUT2D eigenvalue weighted by atomic mass is 35.5. The molecule has 14 heavy (non-hydrogen) atoms. The van der Waals surface area contributed by atoms with Gasteiger partial charge in [0.1, 0.15) is 0 Å². The van der Waals surface area contributed by atoms with E-state index >= 15 is 0 Å². The quantitative estimate of drug-likeness (QED) is 0.633. The highest BCUT2D eigenvalue weighted by Crippen LogP contribution is 2.33. The van der Waals surface area contributed by atoms with Gasteiger partial charge in [-0.15, -0.1) is 0 Å². The van der Waals surface area contributed by atoms with Gasteiger partial charge in [0.05, 0.1) is 21.4 Å². The fourth-order valence-electron chi connectivity index (χ4n) is 1.06. The largest absolute Gasteiger partial charge is 0.216 e. The summed E-state index contributed by atoms with van der Waals surface area (Å²) in [5, 5.41) is 1.09. The zero-order valence-corrected chi connectivity index (χ0v) is 9.67. The lowest BCUT2D eigenvalue weighted by molar-refractivity contribution is 0.709. The molecule has 76 valence electrons. The second kappa shape index (κ2) is 5.01. The molecule has 0 bridgehead atoms. The zero-order valence-electron chi connectivity index (χ0n) is 7.40. The lowest BCUT2D eigenvalue weighted by Crippen LogP contribution is -1.89. The SMILES string of the molecule is CC(C=CF)c1cc(Cl)c(Cl)c(Cl)c1. The summed E-state index contributed by atoms with van der Waals surface area (Å²) >= 11 is 17.4. The number of allylic oxidation sites excluding steroid dienone is 1. The van der Waals surface area contributed by atoms with Crippen LogP contribution in [0, 0.1) is 0 Å². The van der Waals surface area contributed by atoms with Crippen molar-refractivity contribution in [2.45, 2.75) is 12.8 Å². The van der Waals surface area contributed by atoms with Crippen LogP contribution in [-0.2, 0) is 0 Å². The molecular formula is C10H8Cl3F. The van der Waals surface area contributed by atoms with Gasteiger partial charge >= 0.3 is 0 Å². The molecule has 0 aromatic heterocycles. The molecule has 0 saturated carbocycles. The van der Waals surface area contributed by atoms with Crippen molar-refractivity contribution in [3.63, 3.8) is 0 Å². The molecule has 0 spiro atoms. The van der Waals surface area contributed by atoms with E-state index in [0.29, 0.717) is 21.4 Å². The molecule has 0 aliphatic rings. The molecule has 0 fully saturated rings. The van der Waals surface area contributed by atoms with E-state index < -0.39 is 0 Å². The minimum atomic E-state index is -0.0766. The van der Waals surface area contributed by atoms with Crippen LogP contribution in [0.25, 0.3) is 0 Å². The Labute approximate surface area is 97.3 Å². The maximum Gasteiger partial charge on any atom is 0.0833 e. The van der Waals surface area contributed by atoms with Gasteiger partial charge in [-0.25, -0.2) is 4.39 Å². The summed E-state index contributed by atoms with van der Waals surface area (Å²) in [6.45, 7) is 1.84. The third kappa shape index (κ3) is 2.63. The Bertz CT molecular complexity index is 337. The molecule has 1 aromatic rings. The average Bonchev–Trinajstić information content (AvgIpc) is 2.13. The molecule has 0 aliphatic heterocycles. The van der Waals surface area contributed by atoms with Crippen molar-refractivity contribution in [1.29, 1.82) is 0 Å². The molecule has 0 N–H and O–H groups in total. The Hall–Kier alpha value is -0.240. The average molecular weight is 254 g/mol. The van der Waals surface area contributed by atoms with Gasteiger partial charge in [-0.1, -0.05) is 41.7 Å². The monoisotopic (exact) mass is 252 g/mol. The Balaban J connectivity index is 3.12. The van der Waals surface area contributed by atoms with Crippen LogP contribution >= 0.6 is 34.8 Å². The van der Waals surface area contributed by atoms with Crippen molar-refractivity contribution < 1.29 is 4.39 Å². The molecule has 1 atom stereocenters. The van der Waals surface area contributed by atoms with E-state index in [0.717, 1.165) is 5.56 Å². The predicted molar refractivity (Wildman–Crippen MR) is 60.1 cm³/mol. The Kier molecular flexibility index (Phi) is 4.24. The maximum absolute atomic E-state index is 11.9. The molecule has 0 saturated heterocycles. The van der Waals surface area contributed by atoms with Gasteiger partial charge in [-0.2, -0.15) is 0 Å². The highest BCUT2D eigenvalue weighted by Gasteiger charge is 2.09. The van der Waals surface area contributed by atoms with Gasteiger partial charge in [0.2, 0.25) is 0 Å². The van der Waals surface area contributed by atoms with Gasteiger partial charge in [-0.05, 0) is 23.8 Å². The van der Waals surface area contributed by atoms with Crippen LogP contribution in [0.1, 0.15) is 18.4 Å². The van der Waals surface area contributed by atoms with E-state index in [1.807, 2.05) is 6.92 Å². The van der Waals surface area contributed by atoms with Crippen molar-refractivity contribution in [2.75, 3.05) is 0 Å². The smallest absolute Gasteiger partial charge is 0.0833 e. The first kappa shape index (κ1) is 11.8. The third-order valence-corrected chi connectivity index (χ3v) is 3.09. The first-order valence-corrected chi connectivity index (χ1v) is 5.11. The van der Waals surface area contributed by atoms with Gasteiger partial charge in [-0.3, -0.25) is 0 Å². The second-order valence-corrected chi connectivity index (χ2v) is 4.10. The summed E-state index contributed by atoms with van der Waals surface area (Å²) < 4.78 is 11.9. The Morgan fingerprint density at radius 3 is 2.14 bits per heavy atom. The van der Waals surface area contributed by atoms with Crippen LogP contribution < -0.4 is 0 Å². The van der Waals surface area contributed by atoms with Crippen molar-refractivity contribution in [2.24, 2.45) is 0 Å². The molecule has 0 nitrogen and oxygen atoms in total. The minimum absolute atomic E-state index is 0.0766. The maximum atomic E-state index is 11.9. The van der Waals surface area contributed by atoms with E-state index in [2.05, 4.69) is 0 Å². The van der Waals surface area contributed by atoms with Gasteiger partial charge < -0.3 is 0 Å². The second-order valence-electron chi connectivity index (χ2n) is 2.91. The topological polar surface area (TPSA) is 0 Å². The van der Waals surface area contributed by atoms with E-state index in [9.17, 15) is 4.39 Å². The summed E-state index contributed by atoms with van der Waals surface area (Å²) in [5.41, 5.74) is 0.832. The Morgan fingerprint density at radius 2 is 1.71 bits per heavy atom. The summed E-state index contributed by atoms with van der Waals surface area (Å²) in [4.78, 5) is 0. The number of benzene rings is 1. The van der Waals surface area contributed by atoms with E-state index in [1.165, 1.54) is 6.08 Å². The zero-order chi connectivity index (χ0) is 10.7. The van der Waals surface area contributed by atoms with E-state index in [-0.39, 0.29) is 5.92 Å². The summed E-state index contributed by atoms with van der Waals surface area (Å²) in [7, 11) is 0. The third-order valence-electron chi connectivity index (χ3n) is 1.89. The highest BCUT2D eigenvalue weighted by molar-refractivity contribution is 6.48. The van der Waals surface area contributed by atoms with Gasteiger partial charge in [0.15, 0.2) is 0 Å². The summed E-state index contributed by atoms with van der Waals surface area (Å²) in [6, 6.07) is 3.36. The Morgan fingerprint density at radius 1 is 1.21 bits per heavy atom. The lowest BCUT2D eigenvalue weighted by Gasteiger charge is -2.08. The van der Waals surface area contributed by atoms with Gasteiger partial charge in [0, 0.05) is 5.92 Å². The number of halogens is 4. The summed E-state index contributed by atoms with van der Waals surface area (Å²) in [5.74, 6) is -0.0766. The standard InChI is InChI=1S/C10H8Cl3F/c1-6(2-3-14)7-4-8(11)10(13)9(12)5-7/h2-6H,1H3. The lowest BCUT2D eigenvalue weighted by atomic mass is 10.0. The number of rotatable bonds is 2. The molecule has 1 unspecified atom stereocenters. The molecule has 1 rings (SSSR count). The normalized spacial score (nSPS) is 13.5. The van der Waals surface area contributed by atoms with Crippen molar-refractivity contribution in [1.82, 2.24) is 0 Å². The molecule has 1 aromatic carbocycles. The molecule has 0 heterocycles. The van der Waals surface area contributed by atoms with Crippen LogP contribution in [0.15, 0.2) is 24.5 Å². The number of hydrogen-bond donors (Lipinski definition) is 0. The first-order valence-electron chi connectivity index (χ1n) is 3.97. The predicted octanol–water partition coefficient (Wildman–Crippen LogP) is 5.23. The fourth-order valence-corrected chi connectivity index (χ4v) is 1.67. The molecule has 0 radical (unpaired) electrons. The van der Waals surface area contributed by atoms with E-state index in [4.69, 9.17) is 34.8 Å². The fraction of sp³-hybridized carbons (Fsp3) is 0.200. The van der Waals surface area contributed by atoms with Crippen molar-refractivity contribution >= 4 is 34.8 Å². The molecular weight excluding hydrogens is 245 g/mol. The minimum Gasteiger partial charge on any atom is -0.216 e. The molecule has 0 amide bonds. The molecule has 4 heteroatoms.